The first-order chi connectivity index (χ1) is 18.6. The van der Waals surface area contributed by atoms with Gasteiger partial charge in [-0.05, 0) is 36.4 Å². The first-order valence-corrected chi connectivity index (χ1v) is 13.4. The maximum atomic E-state index is 13.7. The van der Waals surface area contributed by atoms with Gasteiger partial charge in [-0.3, -0.25) is 4.79 Å². The number of carbonyl (C=O) groups excluding carboxylic acids is 1. The van der Waals surface area contributed by atoms with Crippen molar-refractivity contribution < 1.29 is 26.4 Å². The van der Waals surface area contributed by atoms with Gasteiger partial charge in [-0.2, -0.15) is 18.4 Å². The summed E-state index contributed by atoms with van der Waals surface area (Å²) in [7, 11) is -3.98. The van der Waals surface area contributed by atoms with E-state index in [0.29, 0.717) is 17.3 Å². The van der Waals surface area contributed by atoms with Crippen LogP contribution in [0, 0.1) is 11.3 Å². The summed E-state index contributed by atoms with van der Waals surface area (Å²) in [5.74, 6) is -1.07. The molecule has 4 rings (SSSR count). The molecule has 0 fully saturated rings. The summed E-state index contributed by atoms with van der Waals surface area (Å²) < 4.78 is 68.3. The lowest BCUT2D eigenvalue weighted by molar-refractivity contribution is -0.138. The second-order valence-corrected chi connectivity index (χ2v) is 10.4. The highest BCUT2D eigenvalue weighted by Gasteiger charge is 2.36. The van der Waals surface area contributed by atoms with Crippen molar-refractivity contribution >= 4 is 39.3 Å². The van der Waals surface area contributed by atoms with Crippen molar-refractivity contribution in [3.05, 3.63) is 90.3 Å². The van der Waals surface area contributed by atoms with E-state index in [9.17, 15) is 31.6 Å². The van der Waals surface area contributed by atoms with Gasteiger partial charge in [0.25, 0.3) is 10.0 Å². The van der Waals surface area contributed by atoms with Crippen LogP contribution in [0.3, 0.4) is 0 Å². The zero-order valence-corrected chi connectivity index (χ0v) is 21.3. The molecule has 0 saturated heterocycles. The quantitative estimate of drug-likeness (QED) is 0.284. The number of nitrogens with one attached hydrogen (secondary N) is 2. The van der Waals surface area contributed by atoms with Gasteiger partial charge in [-0.15, -0.1) is 0 Å². The van der Waals surface area contributed by atoms with Crippen molar-refractivity contribution in [2.24, 2.45) is 0 Å². The number of carbonyl (C=O) groups is 1. The molecule has 1 amide bonds. The Hall–Kier alpha value is -4.48. The number of hydrogen-bond acceptors (Lipinski definition) is 8. The van der Waals surface area contributed by atoms with E-state index in [-0.39, 0.29) is 33.0 Å². The fourth-order valence-electron chi connectivity index (χ4n) is 3.29. The van der Waals surface area contributed by atoms with E-state index in [4.69, 9.17) is 0 Å². The van der Waals surface area contributed by atoms with E-state index in [1.165, 1.54) is 42.7 Å². The summed E-state index contributed by atoms with van der Waals surface area (Å²) in [4.78, 5) is 24.2. The van der Waals surface area contributed by atoms with Crippen molar-refractivity contribution in [1.82, 2.24) is 15.0 Å². The highest BCUT2D eigenvalue weighted by Crippen LogP contribution is 2.38. The number of thioether (sulfide) groups is 1. The Balaban J connectivity index is 1.48. The van der Waals surface area contributed by atoms with Gasteiger partial charge >= 0.3 is 6.18 Å². The summed E-state index contributed by atoms with van der Waals surface area (Å²) in [6.45, 7) is 0. The van der Waals surface area contributed by atoms with Crippen LogP contribution in [0.1, 0.15) is 11.1 Å². The van der Waals surface area contributed by atoms with Gasteiger partial charge in [-0.1, -0.05) is 42.1 Å². The highest BCUT2D eigenvalue weighted by atomic mass is 32.2. The number of rotatable bonds is 8. The van der Waals surface area contributed by atoms with Crippen LogP contribution >= 0.6 is 11.8 Å². The number of alkyl halides is 3. The lowest BCUT2D eigenvalue weighted by Crippen LogP contribution is -2.16. The lowest BCUT2D eigenvalue weighted by atomic mass is 10.1. The Bertz CT molecular complexity index is 1630. The van der Waals surface area contributed by atoms with Gasteiger partial charge in [0.2, 0.25) is 11.9 Å². The van der Waals surface area contributed by atoms with Gasteiger partial charge in [-0.25, -0.2) is 28.1 Å². The Morgan fingerprint density at radius 2 is 1.67 bits per heavy atom. The number of amides is 1. The number of aromatic nitrogens is 3. The third-order valence-corrected chi connectivity index (χ3v) is 7.37. The average molecular weight is 571 g/mol. The molecular formula is C25H17F3N6O3S2. The first-order valence-electron chi connectivity index (χ1n) is 11.0. The number of nitriles is 1. The van der Waals surface area contributed by atoms with E-state index in [1.54, 1.807) is 36.4 Å². The van der Waals surface area contributed by atoms with Crippen molar-refractivity contribution in [2.45, 2.75) is 16.1 Å². The molecule has 2 N–H and O–H groups in total. The molecule has 198 valence electrons. The molecule has 0 aliphatic heterocycles. The zero-order chi connectivity index (χ0) is 28.0. The molecule has 2 aromatic heterocycles. The molecule has 0 aliphatic carbocycles. The van der Waals surface area contributed by atoms with E-state index in [0.717, 1.165) is 6.07 Å². The summed E-state index contributed by atoms with van der Waals surface area (Å²) >= 11 is 0.681. The molecule has 0 aliphatic rings. The predicted molar refractivity (Wildman–Crippen MR) is 138 cm³/mol. The molecular weight excluding hydrogens is 553 g/mol. The van der Waals surface area contributed by atoms with Crippen LogP contribution < -0.4 is 10.0 Å². The minimum atomic E-state index is -4.81. The second kappa shape index (κ2) is 11.5. The molecule has 0 radical (unpaired) electrons. The maximum absolute atomic E-state index is 13.7. The standard InChI is InChI=1S/C25H17F3N6O3S2/c26-25(27,28)20-13-21(16-5-2-1-3-6-16)33-23(19(20)14-29)38-15-22(35)32-17-7-9-18(10-8-17)39(36,37)34-24-30-11-4-12-31-24/h1-13H,15H2,(H,32,35)(H,30,31,34). The van der Waals surface area contributed by atoms with E-state index in [1.807, 2.05) is 0 Å². The van der Waals surface area contributed by atoms with Crippen molar-refractivity contribution in [3.8, 4) is 17.3 Å². The molecule has 0 saturated carbocycles. The number of halogens is 3. The number of benzene rings is 2. The summed E-state index contributed by atoms with van der Waals surface area (Å²) in [6.07, 6.45) is -2.06. The van der Waals surface area contributed by atoms with Crippen LogP contribution in [0.15, 0.2) is 89.0 Å². The second-order valence-electron chi connectivity index (χ2n) is 7.75. The molecule has 4 aromatic rings. The molecule has 2 heterocycles. The summed E-state index contributed by atoms with van der Waals surface area (Å²) in [5.41, 5.74) is -1.14. The van der Waals surface area contributed by atoms with Gasteiger partial charge in [0.15, 0.2) is 0 Å². The fraction of sp³-hybridized carbons (Fsp3) is 0.0800. The molecule has 0 bridgehead atoms. The van der Waals surface area contributed by atoms with Crippen molar-refractivity contribution in [3.63, 3.8) is 0 Å². The SMILES string of the molecule is N#Cc1c(C(F)(F)F)cc(-c2ccccc2)nc1SCC(=O)Nc1ccc(S(=O)(=O)Nc2ncccn2)cc1. The molecule has 0 unspecified atom stereocenters. The number of sulfonamides is 1. The van der Waals surface area contributed by atoms with E-state index < -0.39 is 33.2 Å². The molecule has 9 nitrogen and oxygen atoms in total. The van der Waals surface area contributed by atoms with Crippen LogP contribution in [-0.4, -0.2) is 35.0 Å². The maximum Gasteiger partial charge on any atom is 0.417 e. The molecule has 0 spiro atoms. The lowest BCUT2D eigenvalue weighted by Gasteiger charge is -2.14. The van der Waals surface area contributed by atoms with Gasteiger partial charge in [0.1, 0.15) is 11.1 Å². The van der Waals surface area contributed by atoms with Crippen LogP contribution in [0.25, 0.3) is 11.3 Å². The van der Waals surface area contributed by atoms with Crippen molar-refractivity contribution in [2.75, 3.05) is 15.8 Å². The monoisotopic (exact) mass is 570 g/mol. The van der Waals surface area contributed by atoms with Gasteiger partial charge in [0.05, 0.1) is 27.5 Å². The van der Waals surface area contributed by atoms with Crippen LogP contribution in [0.2, 0.25) is 0 Å². The number of nitrogens with zero attached hydrogens (tertiary/aromatic N) is 4. The predicted octanol–water partition coefficient (Wildman–Crippen LogP) is 4.96. The average Bonchev–Trinajstić information content (AvgIpc) is 2.92. The Labute approximate surface area is 225 Å². The Morgan fingerprint density at radius 3 is 2.28 bits per heavy atom. The fourth-order valence-corrected chi connectivity index (χ4v) is 5.05. The Morgan fingerprint density at radius 1 is 1.00 bits per heavy atom. The molecule has 0 atom stereocenters. The molecule has 2 aromatic carbocycles. The third kappa shape index (κ3) is 6.89. The Kier molecular flexibility index (Phi) is 8.12. The molecule has 39 heavy (non-hydrogen) atoms. The van der Waals surface area contributed by atoms with Crippen LogP contribution in [0.4, 0.5) is 24.8 Å². The normalized spacial score (nSPS) is 11.4. The van der Waals surface area contributed by atoms with Crippen molar-refractivity contribution in [1.29, 1.82) is 5.26 Å². The van der Waals surface area contributed by atoms with Crippen LogP contribution in [-0.2, 0) is 21.0 Å². The molecule has 14 heteroatoms. The largest absolute Gasteiger partial charge is 0.417 e. The van der Waals surface area contributed by atoms with Gasteiger partial charge < -0.3 is 5.32 Å². The van der Waals surface area contributed by atoms with E-state index in [2.05, 4.69) is 25.0 Å². The van der Waals surface area contributed by atoms with Crippen LogP contribution in [0.5, 0.6) is 0 Å². The summed E-state index contributed by atoms with van der Waals surface area (Å²) in [6, 6.07) is 17.3. The third-order valence-electron chi connectivity index (χ3n) is 5.05. The van der Waals surface area contributed by atoms with Gasteiger partial charge in [0, 0.05) is 23.6 Å². The minimum absolute atomic E-state index is 0.0103. The first kappa shape index (κ1) is 27.6. The smallest absolute Gasteiger partial charge is 0.325 e. The topological polar surface area (TPSA) is 138 Å². The number of hydrogen-bond donors (Lipinski definition) is 2. The zero-order valence-electron chi connectivity index (χ0n) is 19.7. The van der Waals surface area contributed by atoms with E-state index >= 15 is 0 Å². The summed E-state index contributed by atoms with van der Waals surface area (Å²) in [5, 5.41) is 11.7. The number of anilines is 2. The highest BCUT2D eigenvalue weighted by molar-refractivity contribution is 8.00. The number of pyridine rings is 1. The minimum Gasteiger partial charge on any atom is -0.325 e.